The lowest BCUT2D eigenvalue weighted by molar-refractivity contribution is 0.266. The lowest BCUT2D eigenvalue weighted by atomic mass is 10.1. The van der Waals surface area contributed by atoms with Crippen molar-refractivity contribution in [3.05, 3.63) is 35.5 Å². The molecule has 0 saturated heterocycles. The molecule has 1 aromatic carbocycles. The van der Waals surface area contributed by atoms with Crippen LogP contribution in [0, 0.1) is 6.92 Å². The van der Waals surface area contributed by atoms with Crippen molar-refractivity contribution in [3.63, 3.8) is 0 Å². The van der Waals surface area contributed by atoms with E-state index < -0.39 is 0 Å². The molecule has 1 heterocycles. The molecular weight excluding hydrogens is 196 g/mol. The number of benzene rings is 1. The van der Waals surface area contributed by atoms with Gasteiger partial charge < -0.3 is 4.98 Å². The summed E-state index contributed by atoms with van der Waals surface area (Å²) in [7, 11) is 2.17. The average Bonchev–Trinajstić information content (AvgIpc) is 2.55. The van der Waals surface area contributed by atoms with Gasteiger partial charge in [-0.15, -0.1) is 0 Å². The monoisotopic (exact) mass is 216 g/mol. The van der Waals surface area contributed by atoms with Gasteiger partial charge in [0.05, 0.1) is 0 Å². The zero-order valence-corrected chi connectivity index (χ0v) is 10.5. The molecule has 0 fully saturated rings. The third-order valence-electron chi connectivity index (χ3n) is 3.32. The second-order valence-electron chi connectivity index (χ2n) is 4.78. The summed E-state index contributed by atoms with van der Waals surface area (Å²) in [6.07, 6.45) is 0. The first-order valence-electron chi connectivity index (χ1n) is 5.86. The van der Waals surface area contributed by atoms with Crippen molar-refractivity contribution in [2.75, 3.05) is 7.05 Å². The van der Waals surface area contributed by atoms with Crippen LogP contribution in [0.3, 0.4) is 0 Å². The Bertz CT molecular complexity index is 482. The predicted molar refractivity (Wildman–Crippen MR) is 69.6 cm³/mol. The van der Waals surface area contributed by atoms with E-state index in [4.69, 9.17) is 0 Å². The van der Waals surface area contributed by atoms with Gasteiger partial charge in [-0.2, -0.15) is 0 Å². The summed E-state index contributed by atoms with van der Waals surface area (Å²) >= 11 is 0. The van der Waals surface area contributed by atoms with E-state index in [0.717, 1.165) is 6.54 Å². The quantitative estimate of drug-likeness (QED) is 0.834. The van der Waals surface area contributed by atoms with Gasteiger partial charge >= 0.3 is 0 Å². The van der Waals surface area contributed by atoms with Crippen molar-refractivity contribution in [2.45, 2.75) is 33.4 Å². The van der Waals surface area contributed by atoms with E-state index in [2.05, 4.69) is 62.0 Å². The molecule has 0 radical (unpaired) electrons. The van der Waals surface area contributed by atoms with Gasteiger partial charge in [-0.25, -0.2) is 0 Å². The molecule has 0 aliphatic rings. The van der Waals surface area contributed by atoms with Crippen molar-refractivity contribution in [2.24, 2.45) is 0 Å². The molecule has 1 N–H and O–H groups in total. The summed E-state index contributed by atoms with van der Waals surface area (Å²) in [4.78, 5) is 5.81. The van der Waals surface area contributed by atoms with Crippen molar-refractivity contribution in [1.29, 1.82) is 0 Å². The number of nitrogens with one attached hydrogen (secondary N) is 1. The number of para-hydroxylation sites is 1. The Kier molecular flexibility index (Phi) is 3.01. The Labute approximate surface area is 97.3 Å². The molecule has 0 atom stereocenters. The summed E-state index contributed by atoms with van der Waals surface area (Å²) in [5, 5.41) is 1.35. The highest BCUT2D eigenvalue weighted by molar-refractivity contribution is 5.84. The Morgan fingerprint density at radius 3 is 2.62 bits per heavy atom. The minimum absolute atomic E-state index is 0.577. The molecule has 0 amide bonds. The number of hydrogen-bond donors (Lipinski definition) is 1. The highest BCUT2D eigenvalue weighted by Gasteiger charge is 2.11. The van der Waals surface area contributed by atoms with E-state index in [1.165, 1.54) is 22.2 Å². The number of hydrogen-bond acceptors (Lipinski definition) is 1. The summed E-state index contributed by atoms with van der Waals surface area (Å²) < 4.78 is 0. The zero-order chi connectivity index (χ0) is 11.7. The zero-order valence-electron chi connectivity index (χ0n) is 10.5. The summed E-state index contributed by atoms with van der Waals surface area (Å²) in [5.74, 6) is 0. The average molecular weight is 216 g/mol. The van der Waals surface area contributed by atoms with Crippen LogP contribution in [0.15, 0.2) is 24.3 Å². The van der Waals surface area contributed by atoms with Crippen LogP contribution in [0.25, 0.3) is 10.9 Å². The Morgan fingerprint density at radius 1 is 1.25 bits per heavy atom. The molecule has 16 heavy (non-hydrogen) atoms. The SMILES string of the molecule is Cc1[nH]c2ccccc2c1CN(C)C(C)C. The molecule has 0 spiro atoms. The molecular formula is C14H20N2. The molecule has 0 unspecified atom stereocenters. The van der Waals surface area contributed by atoms with Gasteiger partial charge in [-0.05, 0) is 39.4 Å². The predicted octanol–water partition coefficient (Wildman–Crippen LogP) is 3.32. The van der Waals surface area contributed by atoms with Gasteiger partial charge in [0.25, 0.3) is 0 Å². The summed E-state index contributed by atoms with van der Waals surface area (Å²) in [6.45, 7) is 7.62. The third kappa shape index (κ3) is 1.98. The van der Waals surface area contributed by atoms with Crippen molar-refractivity contribution < 1.29 is 0 Å². The second kappa shape index (κ2) is 4.30. The normalized spacial score (nSPS) is 11.9. The first-order valence-corrected chi connectivity index (χ1v) is 5.86. The highest BCUT2D eigenvalue weighted by Crippen LogP contribution is 2.23. The fourth-order valence-electron chi connectivity index (χ4n) is 1.97. The fraction of sp³-hybridized carbons (Fsp3) is 0.429. The van der Waals surface area contributed by atoms with Gasteiger partial charge in [0.2, 0.25) is 0 Å². The van der Waals surface area contributed by atoms with Gasteiger partial charge in [0, 0.05) is 29.2 Å². The van der Waals surface area contributed by atoms with Crippen LogP contribution >= 0.6 is 0 Å². The third-order valence-corrected chi connectivity index (χ3v) is 3.32. The van der Waals surface area contributed by atoms with E-state index in [0.29, 0.717) is 6.04 Å². The number of aromatic nitrogens is 1. The number of rotatable bonds is 3. The smallest absolute Gasteiger partial charge is 0.0459 e. The van der Waals surface area contributed by atoms with Crippen LogP contribution < -0.4 is 0 Å². The van der Waals surface area contributed by atoms with E-state index in [9.17, 15) is 0 Å². The van der Waals surface area contributed by atoms with Crippen LogP contribution in [0.4, 0.5) is 0 Å². The Balaban J connectivity index is 2.40. The van der Waals surface area contributed by atoms with E-state index >= 15 is 0 Å². The highest BCUT2D eigenvalue weighted by atomic mass is 15.1. The molecule has 2 rings (SSSR count). The molecule has 0 aliphatic heterocycles. The maximum atomic E-state index is 3.44. The Hall–Kier alpha value is -1.28. The summed E-state index contributed by atoms with van der Waals surface area (Å²) in [5.41, 5.74) is 3.95. The largest absolute Gasteiger partial charge is 0.358 e. The van der Waals surface area contributed by atoms with Crippen molar-refractivity contribution in [1.82, 2.24) is 9.88 Å². The maximum Gasteiger partial charge on any atom is 0.0459 e. The lowest BCUT2D eigenvalue weighted by Gasteiger charge is -2.21. The molecule has 2 aromatic rings. The van der Waals surface area contributed by atoms with Crippen LogP contribution in [-0.4, -0.2) is 23.0 Å². The van der Waals surface area contributed by atoms with E-state index in [1.807, 2.05) is 0 Å². The topological polar surface area (TPSA) is 19.0 Å². The lowest BCUT2D eigenvalue weighted by Crippen LogP contribution is -2.25. The molecule has 2 nitrogen and oxygen atoms in total. The van der Waals surface area contributed by atoms with E-state index in [1.54, 1.807) is 0 Å². The number of aryl methyl sites for hydroxylation is 1. The van der Waals surface area contributed by atoms with Crippen molar-refractivity contribution >= 4 is 10.9 Å². The number of aromatic amines is 1. The Morgan fingerprint density at radius 2 is 1.94 bits per heavy atom. The van der Waals surface area contributed by atoms with Gasteiger partial charge in [-0.1, -0.05) is 18.2 Å². The van der Waals surface area contributed by atoms with Crippen molar-refractivity contribution in [3.8, 4) is 0 Å². The summed E-state index contributed by atoms with van der Waals surface area (Å²) in [6, 6.07) is 9.10. The van der Waals surface area contributed by atoms with Crippen LogP contribution in [0.2, 0.25) is 0 Å². The molecule has 2 heteroatoms. The van der Waals surface area contributed by atoms with Gasteiger partial charge in [0.15, 0.2) is 0 Å². The number of H-pyrrole nitrogens is 1. The molecule has 0 saturated carbocycles. The molecule has 1 aromatic heterocycles. The molecule has 0 bridgehead atoms. The van der Waals surface area contributed by atoms with Crippen LogP contribution in [0.1, 0.15) is 25.1 Å². The van der Waals surface area contributed by atoms with Gasteiger partial charge in [-0.3, -0.25) is 4.90 Å². The van der Waals surface area contributed by atoms with Gasteiger partial charge in [0.1, 0.15) is 0 Å². The molecule has 86 valence electrons. The standard InChI is InChI=1S/C14H20N2/c1-10(2)16(4)9-13-11(3)15-14-8-6-5-7-12(13)14/h5-8,10,15H,9H2,1-4H3. The van der Waals surface area contributed by atoms with Crippen LogP contribution in [0.5, 0.6) is 0 Å². The van der Waals surface area contributed by atoms with Crippen LogP contribution in [-0.2, 0) is 6.54 Å². The fourth-order valence-corrected chi connectivity index (χ4v) is 1.97. The first kappa shape index (κ1) is 11.2. The number of nitrogens with zero attached hydrogens (tertiary/aromatic N) is 1. The molecule has 0 aliphatic carbocycles. The number of fused-ring (bicyclic) bond motifs is 1. The second-order valence-corrected chi connectivity index (χ2v) is 4.78. The van der Waals surface area contributed by atoms with E-state index in [-0.39, 0.29) is 0 Å². The maximum absolute atomic E-state index is 3.44. The minimum Gasteiger partial charge on any atom is -0.358 e. The minimum atomic E-state index is 0.577. The first-order chi connectivity index (χ1) is 7.59.